The molecule has 6 nitrogen and oxygen atoms in total. The molecule has 31 heavy (non-hydrogen) atoms. The Morgan fingerprint density at radius 2 is 1.84 bits per heavy atom. The molecule has 3 heterocycles. The second-order valence-electron chi connectivity index (χ2n) is 9.25. The lowest BCUT2D eigenvalue weighted by Gasteiger charge is -2.40. The molecular formula is C24H36N4O2S. The number of likely N-dealkylation sites (tertiary alicyclic amines) is 2. The molecule has 2 saturated heterocycles. The average Bonchev–Trinajstić information content (AvgIpc) is 3.34. The summed E-state index contributed by atoms with van der Waals surface area (Å²) in [6.07, 6.45) is 12.7. The molecule has 1 saturated carbocycles. The number of rotatable bonds is 6. The van der Waals surface area contributed by atoms with Crippen LogP contribution in [0.15, 0.2) is 23.4 Å². The molecule has 4 rings (SSSR count). The van der Waals surface area contributed by atoms with Crippen LogP contribution in [0.2, 0.25) is 0 Å². The number of piperidine rings is 1. The maximum atomic E-state index is 13.1. The van der Waals surface area contributed by atoms with E-state index in [1.165, 1.54) is 43.9 Å². The van der Waals surface area contributed by atoms with Crippen LogP contribution in [-0.2, 0) is 4.79 Å². The molecule has 1 aromatic rings. The molecule has 0 bridgehead atoms. The first-order chi connectivity index (χ1) is 15.1. The van der Waals surface area contributed by atoms with E-state index in [0.29, 0.717) is 16.6 Å². The monoisotopic (exact) mass is 444 g/mol. The van der Waals surface area contributed by atoms with Gasteiger partial charge < -0.3 is 10.2 Å². The number of thioether (sulfide) groups is 1. The Hall–Kier alpha value is -1.60. The largest absolute Gasteiger partial charge is 0.348 e. The van der Waals surface area contributed by atoms with E-state index in [9.17, 15) is 9.59 Å². The molecule has 2 aliphatic heterocycles. The number of carbonyl (C=O) groups is 2. The smallest absolute Gasteiger partial charge is 0.254 e. The van der Waals surface area contributed by atoms with Gasteiger partial charge in [0, 0.05) is 37.9 Å². The summed E-state index contributed by atoms with van der Waals surface area (Å²) in [5.41, 5.74) is 0.586. The fourth-order valence-corrected chi connectivity index (χ4v) is 6.23. The molecule has 1 aromatic heterocycles. The molecule has 1 N–H and O–H groups in total. The number of nitrogens with one attached hydrogen (secondary N) is 1. The van der Waals surface area contributed by atoms with Crippen molar-refractivity contribution in [3.63, 3.8) is 0 Å². The first-order valence-corrected chi connectivity index (χ1v) is 12.9. The summed E-state index contributed by atoms with van der Waals surface area (Å²) in [6.45, 7) is 5.71. The second-order valence-corrected chi connectivity index (χ2v) is 10.6. The molecule has 7 heteroatoms. The number of carbonyl (C=O) groups excluding carboxylic acids is 2. The van der Waals surface area contributed by atoms with Crippen molar-refractivity contribution in [3.05, 3.63) is 23.9 Å². The molecule has 0 aromatic carbocycles. The number of hydrogen-bond acceptors (Lipinski definition) is 5. The Kier molecular flexibility index (Phi) is 7.88. The van der Waals surface area contributed by atoms with Crippen LogP contribution >= 0.6 is 11.8 Å². The Morgan fingerprint density at radius 1 is 1.06 bits per heavy atom. The van der Waals surface area contributed by atoms with Crippen LogP contribution in [0, 0.1) is 0 Å². The van der Waals surface area contributed by atoms with Crippen LogP contribution in [0.3, 0.4) is 0 Å². The fraction of sp³-hybridized carbons (Fsp3) is 0.708. The van der Waals surface area contributed by atoms with Crippen LogP contribution in [0.5, 0.6) is 0 Å². The summed E-state index contributed by atoms with van der Waals surface area (Å²) in [4.78, 5) is 34.8. The van der Waals surface area contributed by atoms with Crippen molar-refractivity contribution in [3.8, 4) is 0 Å². The SMILES string of the molecule is CC(Sc1ncccc1C(=O)NC1CCCN(C2CCCCC2)C1)C(=O)N1CCCC1. The zero-order valence-corrected chi connectivity index (χ0v) is 19.5. The van der Waals surface area contributed by atoms with Gasteiger partial charge in [-0.15, -0.1) is 0 Å². The number of hydrogen-bond donors (Lipinski definition) is 1. The highest BCUT2D eigenvalue weighted by molar-refractivity contribution is 8.00. The van der Waals surface area contributed by atoms with Gasteiger partial charge in [0.1, 0.15) is 5.03 Å². The summed E-state index contributed by atoms with van der Waals surface area (Å²) in [6, 6.07) is 4.51. The van der Waals surface area contributed by atoms with Gasteiger partial charge >= 0.3 is 0 Å². The van der Waals surface area contributed by atoms with Gasteiger partial charge in [-0.3, -0.25) is 14.5 Å². The molecule has 3 aliphatic rings. The third kappa shape index (κ3) is 5.80. The molecule has 0 spiro atoms. The summed E-state index contributed by atoms with van der Waals surface area (Å²) >= 11 is 1.41. The van der Waals surface area contributed by atoms with Gasteiger partial charge in [-0.1, -0.05) is 31.0 Å². The fourth-order valence-electron chi connectivity index (χ4n) is 5.24. The first kappa shape index (κ1) is 22.6. The van der Waals surface area contributed by atoms with Crippen molar-refractivity contribution in [2.45, 2.75) is 87.1 Å². The van der Waals surface area contributed by atoms with E-state index in [1.807, 2.05) is 17.9 Å². The van der Waals surface area contributed by atoms with Gasteiger partial charge in [0.15, 0.2) is 0 Å². The van der Waals surface area contributed by atoms with Gasteiger partial charge in [0.25, 0.3) is 5.91 Å². The molecule has 1 aliphatic carbocycles. The third-order valence-electron chi connectivity index (χ3n) is 6.95. The van der Waals surface area contributed by atoms with Crippen molar-refractivity contribution in [2.24, 2.45) is 0 Å². The number of amides is 2. The van der Waals surface area contributed by atoms with E-state index in [-0.39, 0.29) is 23.1 Å². The van der Waals surface area contributed by atoms with Gasteiger partial charge in [-0.25, -0.2) is 4.98 Å². The Bertz CT molecular complexity index is 762. The summed E-state index contributed by atoms with van der Waals surface area (Å²) < 4.78 is 0. The summed E-state index contributed by atoms with van der Waals surface area (Å²) in [7, 11) is 0. The van der Waals surface area contributed by atoms with Gasteiger partial charge in [-0.2, -0.15) is 0 Å². The number of nitrogens with zero attached hydrogens (tertiary/aromatic N) is 3. The van der Waals surface area contributed by atoms with Crippen molar-refractivity contribution in [2.75, 3.05) is 26.2 Å². The highest BCUT2D eigenvalue weighted by Gasteiger charge is 2.29. The lowest BCUT2D eigenvalue weighted by molar-refractivity contribution is -0.129. The molecule has 2 amide bonds. The Balaban J connectivity index is 1.36. The lowest BCUT2D eigenvalue weighted by Crippen LogP contribution is -2.51. The highest BCUT2D eigenvalue weighted by Crippen LogP contribution is 2.28. The van der Waals surface area contributed by atoms with Crippen LogP contribution in [0.1, 0.15) is 75.1 Å². The highest BCUT2D eigenvalue weighted by atomic mass is 32.2. The van der Waals surface area contributed by atoms with Crippen LogP contribution in [0.4, 0.5) is 0 Å². The second kappa shape index (κ2) is 10.8. The topological polar surface area (TPSA) is 65.5 Å². The Labute approximate surface area is 190 Å². The van der Waals surface area contributed by atoms with E-state index >= 15 is 0 Å². The Morgan fingerprint density at radius 3 is 2.61 bits per heavy atom. The normalized spacial score (nSPS) is 24.2. The number of aromatic nitrogens is 1. The third-order valence-corrected chi connectivity index (χ3v) is 8.05. The number of pyridine rings is 1. The molecule has 2 unspecified atom stereocenters. The maximum absolute atomic E-state index is 13.1. The van der Waals surface area contributed by atoms with E-state index in [2.05, 4.69) is 15.2 Å². The summed E-state index contributed by atoms with van der Waals surface area (Å²) in [5.74, 6) is 0.0850. The van der Waals surface area contributed by atoms with Crippen LogP contribution in [0.25, 0.3) is 0 Å². The van der Waals surface area contributed by atoms with Crippen molar-refractivity contribution < 1.29 is 9.59 Å². The minimum atomic E-state index is -0.240. The van der Waals surface area contributed by atoms with Gasteiger partial charge in [0.05, 0.1) is 10.8 Å². The quantitative estimate of drug-likeness (QED) is 0.678. The molecular weight excluding hydrogens is 408 g/mol. The molecule has 3 fully saturated rings. The van der Waals surface area contributed by atoms with E-state index < -0.39 is 0 Å². The van der Waals surface area contributed by atoms with Gasteiger partial charge in [0.2, 0.25) is 5.91 Å². The van der Waals surface area contributed by atoms with Crippen molar-refractivity contribution >= 4 is 23.6 Å². The summed E-state index contributed by atoms with van der Waals surface area (Å²) in [5, 5.41) is 3.69. The predicted molar refractivity (Wildman–Crippen MR) is 124 cm³/mol. The van der Waals surface area contributed by atoms with E-state index in [1.54, 1.807) is 12.3 Å². The standard InChI is InChI=1S/C24H36N4O2S/c1-18(24(30)27-14-5-6-15-27)31-23-21(12-7-13-25-23)22(29)26-19-9-8-16-28(17-19)20-10-3-2-4-11-20/h7,12-13,18-20H,2-6,8-11,14-17H2,1H3,(H,26,29). The lowest BCUT2D eigenvalue weighted by atomic mass is 9.92. The van der Waals surface area contributed by atoms with E-state index in [0.717, 1.165) is 51.9 Å². The molecule has 2 atom stereocenters. The molecule has 170 valence electrons. The minimum absolute atomic E-state index is 0.0630. The van der Waals surface area contributed by atoms with Gasteiger partial charge in [-0.05, 0) is 64.1 Å². The molecule has 0 radical (unpaired) electrons. The van der Waals surface area contributed by atoms with Crippen LogP contribution < -0.4 is 5.32 Å². The zero-order valence-electron chi connectivity index (χ0n) is 18.7. The van der Waals surface area contributed by atoms with Crippen molar-refractivity contribution in [1.29, 1.82) is 0 Å². The zero-order chi connectivity index (χ0) is 21.6. The average molecular weight is 445 g/mol. The minimum Gasteiger partial charge on any atom is -0.348 e. The maximum Gasteiger partial charge on any atom is 0.254 e. The van der Waals surface area contributed by atoms with E-state index in [4.69, 9.17) is 0 Å². The van der Waals surface area contributed by atoms with Crippen LogP contribution in [-0.4, -0.2) is 70.1 Å². The van der Waals surface area contributed by atoms with Crippen molar-refractivity contribution in [1.82, 2.24) is 20.1 Å². The predicted octanol–water partition coefficient (Wildman–Crippen LogP) is 3.71. The first-order valence-electron chi connectivity index (χ1n) is 12.1.